The summed E-state index contributed by atoms with van der Waals surface area (Å²) in [6.07, 6.45) is 3.37. The molecule has 2 aliphatic heterocycles. The Morgan fingerprint density at radius 2 is 1.87 bits per heavy atom. The number of hydrogen-bond donors (Lipinski definition) is 1. The lowest BCUT2D eigenvalue weighted by Gasteiger charge is -2.34. The standard InChI is InChI=1S/C30H37N3O5/c1-18(2)20-8-10-21(11-9-20)24(29(34)35)16-27-31-28-23-12-7-19(3)32(30(36)37-4)25(23)13-14-26(28)33(27)22-6-5-15-38-17-22/h8-11,13-14,18-19,22,24H,5-7,12,15-17H2,1-4H3,(H,34,35)/t19-,22?,24?/m0/s1. The summed E-state index contributed by atoms with van der Waals surface area (Å²) in [5, 5.41) is 10.3. The number of ether oxygens (including phenoxy) is 2. The van der Waals surface area contributed by atoms with Gasteiger partial charge < -0.3 is 19.1 Å². The second-order valence-electron chi connectivity index (χ2n) is 10.8. The molecule has 8 heteroatoms. The molecule has 2 aromatic carbocycles. The number of carbonyl (C=O) groups is 2. The van der Waals surface area contributed by atoms with E-state index >= 15 is 0 Å². The van der Waals surface area contributed by atoms with Crippen LogP contribution in [0.4, 0.5) is 10.5 Å². The molecule has 1 aromatic heterocycles. The Morgan fingerprint density at radius 3 is 2.50 bits per heavy atom. The molecule has 2 unspecified atom stereocenters. The van der Waals surface area contributed by atoms with Gasteiger partial charge in [0.1, 0.15) is 5.82 Å². The van der Waals surface area contributed by atoms with E-state index in [4.69, 9.17) is 14.5 Å². The van der Waals surface area contributed by atoms with E-state index in [9.17, 15) is 14.7 Å². The first kappa shape index (κ1) is 26.2. The smallest absolute Gasteiger partial charge is 0.414 e. The van der Waals surface area contributed by atoms with Gasteiger partial charge in [0, 0.05) is 24.6 Å². The highest BCUT2D eigenvalue weighted by Gasteiger charge is 2.33. The third kappa shape index (κ3) is 4.77. The van der Waals surface area contributed by atoms with E-state index < -0.39 is 11.9 Å². The molecule has 0 aliphatic carbocycles. The maximum Gasteiger partial charge on any atom is 0.414 e. The van der Waals surface area contributed by atoms with Crippen molar-refractivity contribution < 1.29 is 24.2 Å². The summed E-state index contributed by atoms with van der Waals surface area (Å²) in [5.74, 6) is -0.471. The van der Waals surface area contributed by atoms with E-state index in [1.165, 1.54) is 12.7 Å². The van der Waals surface area contributed by atoms with Gasteiger partial charge in [-0.25, -0.2) is 9.78 Å². The SMILES string of the molecule is COC(=O)N1c2ccc3c(nc(CC(C(=O)O)c4ccc(C(C)C)cc4)n3C3CCCOC3)c2CC[C@@H]1C. The number of rotatable bonds is 6. The number of benzene rings is 2. The Bertz CT molecular complexity index is 1320. The zero-order valence-electron chi connectivity index (χ0n) is 22.6. The monoisotopic (exact) mass is 519 g/mol. The van der Waals surface area contributed by atoms with E-state index in [1.807, 2.05) is 43.3 Å². The van der Waals surface area contributed by atoms with Crippen molar-refractivity contribution in [3.8, 4) is 0 Å². The highest BCUT2D eigenvalue weighted by molar-refractivity contribution is 5.95. The van der Waals surface area contributed by atoms with Gasteiger partial charge in [-0.3, -0.25) is 9.69 Å². The van der Waals surface area contributed by atoms with E-state index in [1.54, 1.807) is 4.90 Å². The van der Waals surface area contributed by atoms with Crippen molar-refractivity contribution >= 4 is 28.8 Å². The highest BCUT2D eigenvalue weighted by Crippen LogP contribution is 2.39. The molecule has 8 nitrogen and oxygen atoms in total. The Hall–Kier alpha value is -3.39. The van der Waals surface area contributed by atoms with Crippen LogP contribution in [0.2, 0.25) is 0 Å². The van der Waals surface area contributed by atoms with Gasteiger partial charge in [-0.15, -0.1) is 0 Å². The Morgan fingerprint density at radius 1 is 1.13 bits per heavy atom. The van der Waals surface area contributed by atoms with Gasteiger partial charge in [0.15, 0.2) is 0 Å². The van der Waals surface area contributed by atoms with Crippen molar-refractivity contribution in [2.24, 2.45) is 0 Å². The summed E-state index contributed by atoms with van der Waals surface area (Å²) in [7, 11) is 1.40. The maximum atomic E-state index is 12.6. The largest absolute Gasteiger partial charge is 0.481 e. The predicted molar refractivity (Wildman–Crippen MR) is 146 cm³/mol. The molecule has 1 fully saturated rings. The molecular weight excluding hydrogens is 482 g/mol. The minimum atomic E-state index is -0.867. The molecule has 3 aromatic rings. The first-order chi connectivity index (χ1) is 18.3. The highest BCUT2D eigenvalue weighted by atomic mass is 16.5. The molecule has 0 radical (unpaired) electrons. The number of aromatic nitrogens is 2. The second-order valence-corrected chi connectivity index (χ2v) is 10.8. The number of anilines is 1. The van der Waals surface area contributed by atoms with E-state index in [-0.39, 0.29) is 24.6 Å². The fourth-order valence-corrected chi connectivity index (χ4v) is 5.95. The van der Waals surface area contributed by atoms with Gasteiger partial charge in [0.2, 0.25) is 0 Å². The van der Waals surface area contributed by atoms with Crippen LogP contribution >= 0.6 is 0 Å². The average molecular weight is 520 g/mol. The van der Waals surface area contributed by atoms with Crippen molar-refractivity contribution in [1.29, 1.82) is 0 Å². The van der Waals surface area contributed by atoms with Crippen LogP contribution in [0, 0.1) is 0 Å². The number of amides is 1. The lowest BCUT2D eigenvalue weighted by atomic mass is 9.92. The van der Waals surface area contributed by atoms with Crippen LogP contribution in [0.5, 0.6) is 0 Å². The molecule has 202 valence electrons. The number of carbonyl (C=O) groups excluding carboxylic acids is 1. The normalized spacial score (nSPS) is 20.4. The van der Waals surface area contributed by atoms with Crippen molar-refractivity contribution in [1.82, 2.24) is 9.55 Å². The van der Waals surface area contributed by atoms with Crippen LogP contribution < -0.4 is 4.90 Å². The van der Waals surface area contributed by atoms with Crippen molar-refractivity contribution in [2.75, 3.05) is 25.2 Å². The number of aryl methyl sites for hydroxylation is 1. The van der Waals surface area contributed by atoms with Crippen LogP contribution in [0.25, 0.3) is 11.0 Å². The van der Waals surface area contributed by atoms with Crippen molar-refractivity contribution in [3.63, 3.8) is 0 Å². The molecule has 1 saturated heterocycles. The molecule has 2 aliphatic rings. The van der Waals surface area contributed by atoms with Crippen LogP contribution in [0.3, 0.4) is 0 Å². The molecule has 3 atom stereocenters. The summed E-state index contributed by atoms with van der Waals surface area (Å²) < 4.78 is 13.1. The molecule has 0 spiro atoms. The summed E-state index contributed by atoms with van der Waals surface area (Å²) in [4.78, 5) is 32.0. The summed E-state index contributed by atoms with van der Waals surface area (Å²) in [5.41, 5.74) is 5.58. The Labute approximate surface area is 223 Å². The third-order valence-electron chi connectivity index (χ3n) is 8.09. The van der Waals surface area contributed by atoms with Gasteiger partial charge in [-0.1, -0.05) is 38.1 Å². The molecular formula is C30H37N3O5. The number of hydrogen-bond acceptors (Lipinski definition) is 5. The minimum absolute atomic E-state index is 0.0194. The molecule has 3 heterocycles. The lowest BCUT2D eigenvalue weighted by molar-refractivity contribution is -0.138. The van der Waals surface area contributed by atoms with E-state index in [0.717, 1.165) is 66.0 Å². The Balaban J connectivity index is 1.62. The van der Waals surface area contributed by atoms with Gasteiger partial charge in [0.05, 0.1) is 42.4 Å². The summed E-state index contributed by atoms with van der Waals surface area (Å²) in [6.45, 7) is 7.58. The van der Waals surface area contributed by atoms with E-state index in [2.05, 4.69) is 18.4 Å². The first-order valence-corrected chi connectivity index (χ1v) is 13.6. The molecule has 5 rings (SSSR count). The summed E-state index contributed by atoms with van der Waals surface area (Å²) >= 11 is 0. The number of imidazole rings is 1. The number of fused-ring (bicyclic) bond motifs is 3. The van der Waals surface area contributed by atoms with Gasteiger partial charge in [-0.05, 0) is 61.8 Å². The quantitative estimate of drug-likeness (QED) is 0.440. The zero-order chi connectivity index (χ0) is 27.0. The van der Waals surface area contributed by atoms with E-state index in [0.29, 0.717) is 12.5 Å². The fraction of sp³-hybridized carbons (Fsp3) is 0.500. The molecule has 1 N–H and O–H groups in total. The maximum absolute atomic E-state index is 12.6. The number of carboxylic acids is 1. The number of nitrogens with zero attached hydrogens (tertiary/aromatic N) is 3. The van der Waals surface area contributed by atoms with Crippen LogP contribution in [-0.2, 0) is 27.1 Å². The number of carboxylic acid groups (broad SMARTS) is 1. The molecule has 0 bridgehead atoms. The average Bonchev–Trinajstić information content (AvgIpc) is 3.30. The first-order valence-electron chi connectivity index (χ1n) is 13.6. The summed E-state index contributed by atoms with van der Waals surface area (Å²) in [6, 6.07) is 12.0. The predicted octanol–water partition coefficient (Wildman–Crippen LogP) is 5.83. The third-order valence-corrected chi connectivity index (χ3v) is 8.09. The topological polar surface area (TPSA) is 93.9 Å². The van der Waals surface area contributed by atoms with Gasteiger partial charge in [0.25, 0.3) is 0 Å². The molecule has 0 saturated carbocycles. The minimum Gasteiger partial charge on any atom is -0.481 e. The van der Waals surface area contributed by atoms with Crippen LogP contribution in [0.1, 0.15) is 80.4 Å². The van der Waals surface area contributed by atoms with Gasteiger partial charge >= 0.3 is 12.1 Å². The molecule has 38 heavy (non-hydrogen) atoms. The van der Waals surface area contributed by atoms with Crippen molar-refractivity contribution in [2.45, 2.75) is 76.8 Å². The number of aliphatic carboxylic acids is 1. The van der Waals surface area contributed by atoms with Crippen LogP contribution in [0.15, 0.2) is 36.4 Å². The second kappa shape index (κ2) is 10.8. The fourth-order valence-electron chi connectivity index (χ4n) is 5.95. The van der Waals surface area contributed by atoms with Crippen LogP contribution in [-0.4, -0.2) is 53.1 Å². The number of methoxy groups -OCH3 is 1. The zero-order valence-corrected chi connectivity index (χ0v) is 22.6. The van der Waals surface area contributed by atoms with Crippen molar-refractivity contribution in [3.05, 3.63) is 58.9 Å². The lowest BCUT2D eigenvalue weighted by Crippen LogP contribution is -2.42. The Kier molecular flexibility index (Phi) is 7.43. The van der Waals surface area contributed by atoms with Gasteiger partial charge in [-0.2, -0.15) is 0 Å². The molecule has 1 amide bonds.